The molecule has 2 N–H and O–H groups in total. The van der Waals surface area contributed by atoms with E-state index in [1.807, 2.05) is 0 Å². The van der Waals surface area contributed by atoms with Gasteiger partial charge in [0.25, 0.3) is 0 Å². The Kier molecular flexibility index (Phi) is 6.09. The van der Waals surface area contributed by atoms with Crippen LogP contribution in [-0.4, -0.2) is 31.8 Å². The second-order valence-electron chi connectivity index (χ2n) is 5.95. The van der Waals surface area contributed by atoms with Crippen LogP contribution in [0.4, 0.5) is 5.82 Å². The van der Waals surface area contributed by atoms with E-state index in [4.69, 9.17) is 11.6 Å². The van der Waals surface area contributed by atoms with Crippen LogP contribution in [0.2, 0.25) is 5.02 Å². The summed E-state index contributed by atoms with van der Waals surface area (Å²) in [5, 5.41) is 11.0. The van der Waals surface area contributed by atoms with Crippen LogP contribution < -0.4 is 5.32 Å². The molecule has 1 amide bonds. The molecular formula is C16H20ClN5OS. The number of pyridine rings is 1. The first-order valence-electron chi connectivity index (χ1n) is 8.14. The fraction of sp³-hybridized carbons (Fsp3) is 0.500. The van der Waals surface area contributed by atoms with Crippen molar-refractivity contribution in [2.45, 2.75) is 43.7 Å². The van der Waals surface area contributed by atoms with Gasteiger partial charge in [0.2, 0.25) is 11.1 Å². The van der Waals surface area contributed by atoms with Gasteiger partial charge in [0.05, 0.1) is 10.8 Å². The highest BCUT2D eigenvalue weighted by molar-refractivity contribution is 7.99. The normalized spacial score (nSPS) is 14.9. The van der Waals surface area contributed by atoms with Crippen LogP contribution >= 0.6 is 23.4 Å². The Bertz CT molecular complexity index is 669. The molecule has 1 saturated carbocycles. The maximum atomic E-state index is 11.9. The average Bonchev–Trinajstić information content (AvgIpc) is 3.25. The first kappa shape index (κ1) is 17.2. The van der Waals surface area contributed by atoms with Crippen molar-refractivity contribution in [3.8, 4) is 0 Å². The molecule has 8 heteroatoms. The van der Waals surface area contributed by atoms with E-state index in [9.17, 15) is 4.79 Å². The molecule has 0 unspecified atom stereocenters. The van der Waals surface area contributed by atoms with Gasteiger partial charge in [-0.3, -0.25) is 9.89 Å². The summed E-state index contributed by atoms with van der Waals surface area (Å²) in [6, 6.07) is 3.35. The number of hydrogen-bond acceptors (Lipinski definition) is 5. The third-order valence-corrected chi connectivity index (χ3v) is 5.17. The Morgan fingerprint density at radius 1 is 1.38 bits per heavy atom. The van der Waals surface area contributed by atoms with Gasteiger partial charge in [-0.15, -0.1) is 5.10 Å². The van der Waals surface area contributed by atoms with Crippen molar-refractivity contribution in [3.05, 3.63) is 29.2 Å². The number of anilines is 1. The summed E-state index contributed by atoms with van der Waals surface area (Å²) in [5.41, 5.74) is 0. The summed E-state index contributed by atoms with van der Waals surface area (Å²) >= 11 is 7.07. The number of hydrogen-bond donors (Lipinski definition) is 2. The number of aryl methyl sites for hydroxylation is 1. The molecule has 0 saturated heterocycles. The van der Waals surface area contributed by atoms with Crippen LogP contribution in [0.15, 0.2) is 23.5 Å². The minimum atomic E-state index is -0.146. The third kappa shape index (κ3) is 5.21. The zero-order chi connectivity index (χ0) is 16.8. The van der Waals surface area contributed by atoms with Crippen LogP contribution in [0.25, 0.3) is 0 Å². The number of aromatic nitrogens is 4. The number of aromatic amines is 1. The standard InChI is InChI=1S/C16H20ClN5OS/c17-12-6-8-13(18-9-12)19-15(23)10-24-16-20-14(21-22-16)7-5-11-3-1-2-4-11/h6,8-9,11H,1-5,7,10H2,(H,18,19,23)(H,20,21,22). The number of carbonyl (C=O) groups is 1. The van der Waals surface area contributed by atoms with Crippen molar-refractivity contribution in [2.75, 3.05) is 11.1 Å². The molecule has 2 aromatic heterocycles. The Labute approximate surface area is 150 Å². The van der Waals surface area contributed by atoms with E-state index in [-0.39, 0.29) is 11.7 Å². The number of amides is 1. The molecule has 128 valence electrons. The van der Waals surface area contributed by atoms with Gasteiger partial charge in [-0.05, 0) is 24.5 Å². The van der Waals surface area contributed by atoms with Gasteiger partial charge >= 0.3 is 0 Å². The van der Waals surface area contributed by atoms with Gasteiger partial charge in [-0.1, -0.05) is 49.0 Å². The second-order valence-corrected chi connectivity index (χ2v) is 7.33. The summed E-state index contributed by atoms with van der Waals surface area (Å²) in [6.07, 6.45) is 9.00. The third-order valence-electron chi connectivity index (χ3n) is 4.10. The molecule has 0 radical (unpaired) electrons. The Morgan fingerprint density at radius 2 is 2.21 bits per heavy atom. The number of rotatable bonds is 7. The van der Waals surface area contributed by atoms with E-state index >= 15 is 0 Å². The highest BCUT2D eigenvalue weighted by Crippen LogP contribution is 2.28. The molecular weight excluding hydrogens is 346 g/mol. The molecule has 0 atom stereocenters. The summed E-state index contributed by atoms with van der Waals surface area (Å²) < 4.78 is 0. The van der Waals surface area contributed by atoms with Crippen molar-refractivity contribution in [3.63, 3.8) is 0 Å². The van der Waals surface area contributed by atoms with Crippen LogP contribution in [0.1, 0.15) is 37.9 Å². The summed E-state index contributed by atoms with van der Waals surface area (Å²) in [7, 11) is 0. The lowest BCUT2D eigenvalue weighted by Crippen LogP contribution is -2.14. The highest BCUT2D eigenvalue weighted by atomic mass is 35.5. The van der Waals surface area contributed by atoms with Gasteiger partial charge < -0.3 is 5.32 Å². The lowest BCUT2D eigenvalue weighted by atomic mass is 10.0. The predicted molar refractivity (Wildman–Crippen MR) is 95.3 cm³/mol. The van der Waals surface area contributed by atoms with E-state index in [1.54, 1.807) is 12.1 Å². The number of H-pyrrole nitrogens is 1. The van der Waals surface area contributed by atoms with Gasteiger partial charge in [-0.2, -0.15) is 0 Å². The van der Waals surface area contributed by atoms with Crippen LogP contribution in [0.3, 0.4) is 0 Å². The molecule has 0 aliphatic heterocycles. The summed E-state index contributed by atoms with van der Waals surface area (Å²) in [5.74, 6) is 2.32. The number of thioether (sulfide) groups is 1. The highest BCUT2D eigenvalue weighted by Gasteiger charge is 2.16. The largest absolute Gasteiger partial charge is 0.310 e. The van der Waals surface area contributed by atoms with Crippen LogP contribution in [0.5, 0.6) is 0 Å². The lowest BCUT2D eigenvalue weighted by Gasteiger charge is -2.05. The minimum Gasteiger partial charge on any atom is -0.310 e. The number of nitrogens with one attached hydrogen (secondary N) is 2. The first-order chi connectivity index (χ1) is 11.7. The van der Waals surface area contributed by atoms with Crippen LogP contribution in [-0.2, 0) is 11.2 Å². The van der Waals surface area contributed by atoms with Crippen molar-refractivity contribution in [1.29, 1.82) is 0 Å². The molecule has 0 aromatic carbocycles. The van der Waals surface area contributed by atoms with Gasteiger partial charge in [-0.25, -0.2) is 9.97 Å². The molecule has 24 heavy (non-hydrogen) atoms. The average molecular weight is 366 g/mol. The quantitative estimate of drug-likeness (QED) is 0.731. The predicted octanol–water partition coefficient (Wildman–Crippen LogP) is 3.71. The maximum Gasteiger partial charge on any atom is 0.236 e. The molecule has 3 rings (SSSR count). The molecule has 1 aliphatic carbocycles. The van der Waals surface area contributed by atoms with Crippen molar-refractivity contribution < 1.29 is 4.79 Å². The lowest BCUT2D eigenvalue weighted by molar-refractivity contribution is -0.113. The monoisotopic (exact) mass is 365 g/mol. The molecule has 0 bridgehead atoms. The number of halogens is 1. The Hall–Kier alpha value is -1.60. The Morgan fingerprint density at radius 3 is 2.96 bits per heavy atom. The zero-order valence-electron chi connectivity index (χ0n) is 13.3. The maximum absolute atomic E-state index is 11.9. The van der Waals surface area contributed by atoms with Crippen molar-refractivity contribution >= 4 is 35.1 Å². The van der Waals surface area contributed by atoms with Gasteiger partial charge in [0.15, 0.2) is 0 Å². The van der Waals surface area contributed by atoms with E-state index < -0.39 is 0 Å². The van der Waals surface area contributed by atoms with Crippen molar-refractivity contribution in [1.82, 2.24) is 20.2 Å². The second kappa shape index (κ2) is 8.48. The summed E-state index contributed by atoms with van der Waals surface area (Å²) in [4.78, 5) is 20.4. The van der Waals surface area contributed by atoms with Gasteiger partial charge in [0, 0.05) is 12.6 Å². The molecule has 1 fully saturated rings. The fourth-order valence-corrected chi connectivity index (χ4v) is 3.58. The van der Waals surface area contributed by atoms with E-state index in [1.165, 1.54) is 50.1 Å². The molecule has 2 aromatic rings. The zero-order valence-corrected chi connectivity index (χ0v) is 14.9. The summed E-state index contributed by atoms with van der Waals surface area (Å²) in [6.45, 7) is 0. The van der Waals surface area contributed by atoms with E-state index in [2.05, 4.69) is 25.5 Å². The van der Waals surface area contributed by atoms with Gasteiger partial charge in [0.1, 0.15) is 11.6 Å². The van der Waals surface area contributed by atoms with E-state index in [0.717, 1.165) is 18.2 Å². The number of nitrogens with zero attached hydrogens (tertiary/aromatic N) is 3. The molecule has 2 heterocycles. The van der Waals surface area contributed by atoms with Crippen molar-refractivity contribution in [2.24, 2.45) is 5.92 Å². The molecule has 0 spiro atoms. The number of carbonyl (C=O) groups excluding carboxylic acids is 1. The molecule has 6 nitrogen and oxygen atoms in total. The molecule has 1 aliphatic rings. The topological polar surface area (TPSA) is 83.6 Å². The van der Waals surface area contributed by atoms with E-state index in [0.29, 0.717) is 16.0 Å². The van der Waals surface area contributed by atoms with Crippen LogP contribution in [0, 0.1) is 5.92 Å². The fourth-order valence-electron chi connectivity index (χ4n) is 2.85. The SMILES string of the molecule is O=C(CSc1n[nH]c(CCC2CCCC2)n1)Nc1ccc(Cl)cn1. The smallest absolute Gasteiger partial charge is 0.236 e. The Balaban J connectivity index is 1.41. The first-order valence-corrected chi connectivity index (χ1v) is 9.51. The minimum absolute atomic E-state index is 0.146.